The van der Waals surface area contributed by atoms with Gasteiger partial charge in [-0.2, -0.15) is 0 Å². The fourth-order valence-electron chi connectivity index (χ4n) is 2.75. The topological polar surface area (TPSA) is 79.3 Å². The summed E-state index contributed by atoms with van der Waals surface area (Å²) < 4.78 is 38.2. The van der Waals surface area contributed by atoms with Crippen molar-refractivity contribution in [2.24, 2.45) is 0 Å². The van der Waals surface area contributed by atoms with Crippen molar-refractivity contribution in [2.45, 2.75) is 6.10 Å². The second-order valence-electron chi connectivity index (χ2n) is 5.77. The maximum Gasteiger partial charge on any atom is 0.317 e. The van der Waals surface area contributed by atoms with Gasteiger partial charge < -0.3 is 19.5 Å². The van der Waals surface area contributed by atoms with E-state index in [1.807, 2.05) is 0 Å². The molecule has 1 atom stereocenters. The Morgan fingerprint density at radius 1 is 1.40 bits per heavy atom. The molecule has 7 nitrogen and oxygen atoms in total. The summed E-state index contributed by atoms with van der Waals surface area (Å²) in [5, 5.41) is 8.78. The Kier molecular flexibility index (Phi) is 6.27. The Balaban J connectivity index is 2.12. The summed E-state index contributed by atoms with van der Waals surface area (Å²) in [4.78, 5) is 26.2. The minimum atomic E-state index is -0.974. The van der Waals surface area contributed by atoms with Crippen molar-refractivity contribution in [3.8, 4) is 5.75 Å². The average molecular weight is 358 g/mol. The molecule has 1 fully saturated rings. The summed E-state index contributed by atoms with van der Waals surface area (Å²) in [5.74, 6) is -3.79. The summed E-state index contributed by atoms with van der Waals surface area (Å²) in [6.45, 7) is 0.703. The van der Waals surface area contributed by atoms with Crippen LogP contribution in [0.2, 0.25) is 0 Å². The number of nitrogens with zero attached hydrogens (tertiary/aromatic N) is 2. The van der Waals surface area contributed by atoms with Crippen molar-refractivity contribution in [1.29, 1.82) is 0 Å². The number of rotatable bonds is 6. The van der Waals surface area contributed by atoms with Crippen molar-refractivity contribution >= 4 is 11.9 Å². The number of hydrogen-bond donors (Lipinski definition) is 1. The van der Waals surface area contributed by atoms with Gasteiger partial charge in [0.05, 0.1) is 26.4 Å². The van der Waals surface area contributed by atoms with Crippen molar-refractivity contribution in [3.05, 3.63) is 29.3 Å². The number of amides is 1. The first-order valence-corrected chi connectivity index (χ1v) is 7.66. The molecule has 0 radical (unpaired) electrons. The molecule has 1 aromatic rings. The molecule has 0 saturated carbocycles. The van der Waals surface area contributed by atoms with Crippen molar-refractivity contribution < 1.29 is 33.0 Å². The predicted octanol–water partition coefficient (Wildman–Crippen LogP) is 0.831. The van der Waals surface area contributed by atoms with E-state index in [0.29, 0.717) is 6.54 Å². The lowest BCUT2D eigenvalue weighted by Crippen LogP contribution is -2.49. The van der Waals surface area contributed by atoms with Gasteiger partial charge in [0.2, 0.25) is 0 Å². The van der Waals surface area contributed by atoms with Crippen LogP contribution in [0.25, 0.3) is 0 Å². The molecular weight excluding hydrogens is 338 g/mol. The van der Waals surface area contributed by atoms with Gasteiger partial charge >= 0.3 is 5.97 Å². The van der Waals surface area contributed by atoms with Gasteiger partial charge in [-0.05, 0) is 19.2 Å². The summed E-state index contributed by atoms with van der Waals surface area (Å²) in [6, 6.07) is 1.78. The van der Waals surface area contributed by atoms with E-state index in [1.165, 1.54) is 4.90 Å². The number of likely N-dealkylation sites (N-methyl/N-ethyl adjacent to an activating group) is 1. The third kappa shape index (κ3) is 4.64. The van der Waals surface area contributed by atoms with Crippen molar-refractivity contribution in [1.82, 2.24) is 9.80 Å². The molecule has 0 aliphatic carbocycles. The normalized spacial score (nSPS) is 17.6. The largest absolute Gasteiger partial charge is 0.493 e. The highest BCUT2D eigenvalue weighted by Gasteiger charge is 2.30. The second kappa shape index (κ2) is 8.21. The average Bonchev–Trinajstić information content (AvgIpc) is 2.55. The monoisotopic (exact) mass is 358 g/mol. The minimum Gasteiger partial charge on any atom is -0.493 e. The number of aliphatic carboxylic acids is 1. The fraction of sp³-hybridized carbons (Fsp3) is 0.500. The van der Waals surface area contributed by atoms with Crippen LogP contribution in [-0.2, 0) is 9.53 Å². The number of hydrogen-bond acceptors (Lipinski definition) is 5. The highest BCUT2D eigenvalue weighted by molar-refractivity contribution is 5.97. The van der Waals surface area contributed by atoms with Gasteiger partial charge in [-0.15, -0.1) is 0 Å². The molecule has 1 aromatic carbocycles. The lowest BCUT2D eigenvalue weighted by molar-refractivity contribution is -0.138. The lowest BCUT2D eigenvalue weighted by atomic mass is 10.1. The molecule has 1 heterocycles. The van der Waals surface area contributed by atoms with Crippen molar-refractivity contribution in [2.75, 3.05) is 46.9 Å². The third-order valence-corrected chi connectivity index (χ3v) is 3.82. The molecule has 0 aromatic heterocycles. The van der Waals surface area contributed by atoms with Gasteiger partial charge in [-0.3, -0.25) is 14.5 Å². The summed E-state index contributed by atoms with van der Waals surface area (Å²) in [6.07, 6.45) is -0.426. The van der Waals surface area contributed by atoms with Gasteiger partial charge in [-0.1, -0.05) is 0 Å². The molecule has 1 N–H and O–H groups in total. The zero-order valence-corrected chi connectivity index (χ0v) is 14.0. The van der Waals surface area contributed by atoms with E-state index in [4.69, 9.17) is 14.6 Å². The van der Waals surface area contributed by atoms with Crippen molar-refractivity contribution in [3.63, 3.8) is 0 Å². The smallest absolute Gasteiger partial charge is 0.317 e. The van der Waals surface area contributed by atoms with Crippen LogP contribution in [-0.4, -0.2) is 79.8 Å². The molecule has 9 heteroatoms. The first kappa shape index (κ1) is 19.1. The van der Waals surface area contributed by atoms with Crippen LogP contribution >= 0.6 is 0 Å². The van der Waals surface area contributed by atoms with Gasteiger partial charge in [0.25, 0.3) is 5.91 Å². The molecule has 0 spiro atoms. The SMILES string of the molecule is COc1c(F)ccc(F)c1C(=O)N1CCOC(CN(C)CC(=O)O)C1. The van der Waals surface area contributed by atoms with E-state index in [0.717, 1.165) is 19.2 Å². The minimum absolute atomic E-state index is 0.141. The zero-order chi connectivity index (χ0) is 18.6. The highest BCUT2D eigenvalue weighted by atomic mass is 19.1. The number of carbonyl (C=O) groups is 2. The number of carboxylic acids is 1. The number of halogens is 2. The molecule has 0 bridgehead atoms. The van der Waals surface area contributed by atoms with Crippen LogP contribution in [0.1, 0.15) is 10.4 Å². The van der Waals surface area contributed by atoms with E-state index in [-0.39, 0.29) is 26.2 Å². The summed E-state index contributed by atoms with van der Waals surface area (Å²) >= 11 is 0. The number of carboxylic acid groups (broad SMARTS) is 1. The van der Waals surface area contributed by atoms with Crippen LogP contribution in [0.5, 0.6) is 5.75 Å². The zero-order valence-electron chi connectivity index (χ0n) is 14.0. The fourth-order valence-corrected chi connectivity index (χ4v) is 2.75. The highest BCUT2D eigenvalue weighted by Crippen LogP contribution is 2.27. The Morgan fingerprint density at radius 3 is 2.72 bits per heavy atom. The summed E-state index contributed by atoms with van der Waals surface area (Å²) in [7, 11) is 2.78. The quantitative estimate of drug-likeness (QED) is 0.812. The molecule has 1 aliphatic heterocycles. The molecule has 1 amide bonds. The van der Waals surface area contributed by atoms with Crippen LogP contribution in [0.3, 0.4) is 0 Å². The first-order chi connectivity index (χ1) is 11.8. The Bertz CT molecular complexity index is 656. The molecule has 1 unspecified atom stereocenters. The van der Waals surface area contributed by atoms with Crippen LogP contribution in [0, 0.1) is 11.6 Å². The van der Waals surface area contributed by atoms with Crippen LogP contribution < -0.4 is 4.74 Å². The van der Waals surface area contributed by atoms with E-state index in [1.54, 1.807) is 11.9 Å². The van der Waals surface area contributed by atoms with Crippen LogP contribution in [0.4, 0.5) is 8.78 Å². The van der Waals surface area contributed by atoms with Gasteiger partial charge in [-0.25, -0.2) is 8.78 Å². The van der Waals surface area contributed by atoms with E-state index < -0.39 is 40.9 Å². The summed E-state index contributed by atoms with van der Waals surface area (Å²) in [5.41, 5.74) is -0.456. The van der Waals surface area contributed by atoms with Crippen LogP contribution in [0.15, 0.2) is 12.1 Å². The Labute approximate surface area is 143 Å². The second-order valence-corrected chi connectivity index (χ2v) is 5.77. The maximum atomic E-state index is 14.1. The Morgan fingerprint density at radius 2 is 2.08 bits per heavy atom. The van der Waals surface area contributed by atoms with Gasteiger partial charge in [0.1, 0.15) is 11.4 Å². The number of methoxy groups -OCH3 is 1. The first-order valence-electron chi connectivity index (χ1n) is 7.66. The molecule has 2 rings (SSSR count). The maximum absolute atomic E-state index is 14.1. The number of benzene rings is 1. The number of carbonyl (C=O) groups excluding carboxylic acids is 1. The molecule has 1 aliphatic rings. The molecular formula is C16H20F2N2O5. The van der Waals surface area contributed by atoms with Gasteiger partial charge in [0, 0.05) is 19.6 Å². The number of morpholine rings is 1. The number of ether oxygens (including phenoxy) is 2. The molecule has 1 saturated heterocycles. The lowest BCUT2D eigenvalue weighted by Gasteiger charge is -2.34. The standard InChI is InChI=1S/C16H20F2N2O5/c1-19(9-13(21)22)7-10-8-20(5-6-25-10)16(23)14-11(17)3-4-12(18)15(14)24-2/h3-4,10H,5-9H2,1-2H3,(H,21,22). The predicted molar refractivity (Wildman–Crippen MR) is 83.7 cm³/mol. The van der Waals surface area contributed by atoms with Gasteiger partial charge in [0.15, 0.2) is 11.6 Å². The molecule has 25 heavy (non-hydrogen) atoms. The Hall–Kier alpha value is -2.26. The van der Waals surface area contributed by atoms with E-state index in [2.05, 4.69) is 0 Å². The van der Waals surface area contributed by atoms with E-state index in [9.17, 15) is 18.4 Å². The third-order valence-electron chi connectivity index (χ3n) is 3.82. The molecule has 138 valence electrons. The van der Waals surface area contributed by atoms with E-state index >= 15 is 0 Å².